The van der Waals surface area contributed by atoms with Gasteiger partial charge in [0.2, 0.25) is 10.0 Å². The van der Waals surface area contributed by atoms with Gasteiger partial charge in [-0.3, -0.25) is 0 Å². The minimum atomic E-state index is -4.46. The van der Waals surface area contributed by atoms with Gasteiger partial charge in [0.1, 0.15) is 16.7 Å². The number of pyridine rings is 1. The molecule has 0 aliphatic carbocycles. The van der Waals surface area contributed by atoms with Crippen molar-refractivity contribution in [3.05, 3.63) is 27.9 Å². The lowest BCUT2D eigenvalue weighted by molar-refractivity contribution is -0.391. The SMILES string of the molecule is NS(=O)(=O)c1ccnc([N+](=O)[O-])c1C(F)F. The number of nitrogens with zero attached hydrogens (tertiary/aromatic N) is 2. The van der Waals surface area contributed by atoms with Crippen LogP contribution in [0.5, 0.6) is 0 Å². The van der Waals surface area contributed by atoms with E-state index in [2.05, 4.69) is 10.1 Å². The summed E-state index contributed by atoms with van der Waals surface area (Å²) in [7, 11) is -4.46. The van der Waals surface area contributed by atoms with Crippen LogP contribution in [0.15, 0.2) is 17.2 Å². The lowest BCUT2D eigenvalue weighted by Gasteiger charge is -2.05. The molecule has 1 rings (SSSR count). The third-order valence-electron chi connectivity index (χ3n) is 1.63. The average Bonchev–Trinajstić information content (AvgIpc) is 2.14. The fourth-order valence-electron chi connectivity index (χ4n) is 1.04. The van der Waals surface area contributed by atoms with Crippen molar-refractivity contribution in [2.75, 3.05) is 0 Å². The van der Waals surface area contributed by atoms with Crippen molar-refractivity contribution in [3.63, 3.8) is 0 Å². The van der Waals surface area contributed by atoms with Crippen LogP contribution in [0, 0.1) is 10.1 Å². The molecular formula is C6H5F2N3O4S. The van der Waals surface area contributed by atoms with Gasteiger partial charge in [-0.1, -0.05) is 0 Å². The van der Waals surface area contributed by atoms with Gasteiger partial charge in [-0.2, -0.15) is 0 Å². The summed E-state index contributed by atoms with van der Waals surface area (Å²) in [6.45, 7) is 0. The molecule has 10 heteroatoms. The van der Waals surface area contributed by atoms with E-state index in [9.17, 15) is 27.3 Å². The Kier molecular flexibility index (Phi) is 3.14. The van der Waals surface area contributed by atoms with Crippen LogP contribution in [0.3, 0.4) is 0 Å². The minimum Gasteiger partial charge on any atom is -0.358 e. The van der Waals surface area contributed by atoms with Gasteiger partial charge >= 0.3 is 5.82 Å². The molecule has 0 fully saturated rings. The highest BCUT2D eigenvalue weighted by Crippen LogP contribution is 2.31. The lowest BCUT2D eigenvalue weighted by Crippen LogP contribution is -2.16. The minimum absolute atomic E-state index is 0.684. The normalized spacial score (nSPS) is 11.8. The molecule has 7 nitrogen and oxygen atoms in total. The molecule has 16 heavy (non-hydrogen) atoms. The van der Waals surface area contributed by atoms with Crippen molar-refractivity contribution in [1.82, 2.24) is 4.98 Å². The summed E-state index contributed by atoms with van der Waals surface area (Å²) >= 11 is 0. The topological polar surface area (TPSA) is 116 Å². The molecule has 1 aromatic heterocycles. The molecule has 0 aliphatic heterocycles. The number of nitrogens with two attached hydrogens (primary N) is 1. The van der Waals surface area contributed by atoms with Gasteiger partial charge in [0.05, 0.1) is 0 Å². The van der Waals surface area contributed by atoms with Crippen LogP contribution in [0.4, 0.5) is 14.6 Å². The summed E-state index contributed by atoms with van der Waals surface area (Å²) in [5.74, 6) is -1.22. The molecule has 0 aliphatic rings. The Morgan fingerprint density at radius 2 is 2.06 bits per heavy atom. The Labute approximate surface area is 88.1 Å². The van der Waals surface area contributed by atoms with E-state index >= 15 is 0 Å². The third kappa shape index (κ3) is 2.28. The molecular weight excluding hydrogens is 248 g/mol. The van der Waals surface area contributed by atoms with E-state index in [-0.39, 0.29) is 0 Å². The van der Waals surface area contributed by atoms with Crippen LogP contribution >= 0.6 is 0 Å². The van der Waals surface area contributed by atoms with Crippen LogP contribution in [-0.4, -0.2) is 18.3 Å². The first-order valence-corrected chi connectivity index (χ1v) is 5.24. The first kappa shape index (κ1) is 12.4. The Morgan fingerprint density at radius 3 is 2.44 bits per heavy atom. The number of alkyl halides is 2. The van der Waals surface area contributed by atoms with Crippen molar-refractivity contribution >= 4 is 15.8 Å². The molecule has 0 atom stereocenters. The highest BCUT2D eigenvalue weighted by molar-refractivity contribution is 7.89. The predicted molar refractivity (Wildman–Crippen MR) is 47.2 cm³/mol. The van der Waals surface area contributed by atoms with Crippen LogP contribution in [0.25, 0.3) is 0 Å². The van der Waals surface area contributed by atoms with Gasteiger partial charge in [0.25, 0.3) is 6.43 Å². The highest BCUT2D eigenvalue weighted by Gasteiger charge is 2.31. The first-order chi connectivity index (χ1) is 7.25. The molecule has 88 valence electrons. The van der Waals surface area contributed by atoms with Gasteiger partial charge < -0.3 is 10.1 Å². The molecule has 1 heterocycles. The maximum Gasteiger partial charge on any atom is 0.373 e. The number of nitro groups is 1. The van der Waals surface area contributed by atoms with E-state index in [4.69, 9.17) is 0 Å². The Balaban J connectivity index is 3.65. The van der Waals surface area contributed by atoms with Gasteiger partial charge in [-0.05, 0) is 9.91 Å². The van der Waals surface area contributed by atoms with E-state index in [1.54, 1.807) is 0 Å². The summed E-state index contributed by atoms with van der Waals surface area (Å²) in [6.07, 6.45) is -2.63. The Bertz CT molecular complexity index is 531. The molecule has 0 unspecified atom stereocenters. The van der Waals surface area contributed by atoms with Gasteiger partial charge in [0.15, 0.2) is 0 Å². The second-order valence-electron chi connectivity index (χ2n) is 2.65. The molecule has 0 aromatic carbocycles. The number of aromatic nitrogens is 1. The van der Waals surface area contributed by atoms with Crippen LogP contribution in [-0.2, 0) is 10.0 Å². The third-order valence-corrected chi connectivity index (χ3v) is 2.60. The fraction of sp³-hybridized carbons (Fsp3) is 0.167. The predicted octanol–water partition coefficient (Wildman–Crippen LogP) is 0.575. The number of halogens is 2. The van der Waals surface area contributed by atoms with Crippen LogP contribution in [0.2, 0.25) is 0 Å². The zero-order valence-corrected chi connectivity index (χ0v) is 8.32. The Morgan fingerprint density at radius 1 is 1.50 bits per heavy atom. The maximum absolute atomic E-state index is 12.5. The van der Waals surface area contributed by atoms with Gasteiger partial charge in [0, 0.05) is 6.07 Å². The largest absolute Gasteiger partial charge is 0.373 e. The molecule has 0 saturated heterocycles. The number of sulfonamides is 1. The summed E-state index contributed by atoms with van der Waals surface area (Å²) in [4.78, 5) is 11.3. The smallest absolute Gasteiger partial charge is 0.358 e. The molecule has 2 N–H and O–H groups in total. The average molecular weight is 253 g/mol. The number of hydrogen-bond donors (Lipinski definition) is 1. The highest BCUT2D eigenvalue weighted by atomic mass is 32.2. The van der Waals surface area contributed by atoms with E-state index in [1.807, 2.05) is 0 Å². The number of rotatable bonds is 3. The van der Waals surface area contributed by atoms with Crippen molar-refractivity contribution in [3.8, 4) is 0 Å². The molecule has 0 spiro atoms. The van der Waals surface area contributed by atoms with Crippen molar-refractivity contribution < 1.29 is 22.1 Å². The molecule has 0 radical (unpaired) electrons. The van der Waals surface area contributed by atoms with Crippen LogP contribution in [0.1, 0.15) is 12.0 Å². The summed E-state index contributed by atoms with van der Waals surface area (Å²) in [6, 6.07) is 0.684. The summed E-state index contributed by atoms with van der Waals surface area (Å²) < 4.78 is 46.9. The maximum atomic E-state index is 12.5. The standard InChI is InChI=1S/C6H5F2N3O4S/c7-5(8)4-3(16(9,14)15)1-2-10-6(4)11(12)13/h1-2,5H,(H2,9,14,15). The quantitative estimate of drug-likeness (QED) is 0.624. The van der Waals surface area contributed by atoms with E-state index in [1.165, 1.54) is 0 Å². The second kappa shape index (κ2) is 4.06. The summed E-state index contributed by atoms with van der Waals surface area (Å²) in [5, 5.41) is 15.0. The first-order valence-electron chi connectivity index (χ1n) is 3.69. The van der Waals surface area contributed by atoms with E-state index in [0.29, 0.717) is 6.07 Å². The lowest BCUT2D eigenvalue weighted by atomic mass is 10.2. The number of hydrogen-bond acceptors (Lipinski definition) is 5. The Hall–Kier alpha value is -1.68. The van der Waals surface area contributed by atoms with Gasteiger partial charge in [-0.15, -0.1) is 0 Å². The zero-order valence-electron chi connectivity index (χ0n) is 7.50. The van der Waals surface area contributed by atoms with Gasteiger partial charge in [-0.25, -0.2) is 22.3 Å². The second-order valence-corrected chi connectivity index (χ2v) is 4.18. The van der Waals surface area contributed by atoms with Crippen molar-refractivity contribution in [1.29, 1.82) is 0 Å². The zero-order chi connectivity index (χ0) is 12.5. The fourth-order valence-corrected chi connectivity index (χ4v) is 1.78. The molecule has 0 saturated carbocycles. The van der Waals surface area contributed by atoms with E-state index < -0.39 is 37.6 Å². The molecule has 1 aromatic rings. The summed E-state index contributed by atoms with van der Waals surface area (Å²) in [5.41, 5.74) is -1.30. The molecule has 0 amide bonds. The monoisotopic (exact) mass is 253 g/mol. The molecule has 0 bridgehead atoms. The van der Waals surface area contributed by atoms with Crippen molar-refractivity contribution in [2.45, 2.75) is 11.3 Å². The van der Waals surface area contributed by atoms with E-state index in [0.717, 1.165) is 6.20 Å². The van der Waals surface area contributed by atoms with Crippen LogP contribution < -0.4 is 5.14 Å². The number of primary sulfonamides is 1. The van der Waals surface area contributed by atoms with Crippen molar-refractivity contribution in [2.24, 2.45) is 5.14 Å².